The number of nitrogens with one attached hydrogen (secondary N) is 1. The Kier molecular flexibility index (Phi) is 4.86. The molecule has 2 heterocycles. The average Bonchev–Trinajstić information content (AvgIpc) is 3.04. The van der Waals surface area contributed by atoms with E-state index in [1.165, 1.54) is 11.1 Å². The molecule has 5 heteroatoms. The zero-order chi connectivity index (χ0) is 18.8. The fraction of sp³-hybridized carbons (Fsp3) is 0.318. The summed E-state index contributed by atoms with van der Waals surface area (Å²) in [6.45, 7) is 5.53. The van der Waals surface area contributed by atoms with Gasteiger partial charge in [0.05, 0.1) is 18.5 Å². The molecule has 140 valence electrons. The number of hydrogen-bond acceptors (Lipinski definition) is 4. The second kappa shape index (κ2) is 7.45. The quantitative estimate of drug-likeness (QED) is 0.753. The smallest absolute Gasteiger partial charge is 0.164 e. The van der Waals surface area contributed by atoms with Crippen molar-refractivity contribution in [2.45, 2.75) is 32.9 Å². The number of para-hydroxylation sites is 1. The predicted molar refractivity (Wildman–Crippen MR) is 106 cm³/mol. The second-order valence-corrected chi connectivity index (χ2v) is 7.05. The first-order valence-corrected chi connectivity index (χ1v) is 9.28. The van der Waals surface area contributed by atoms with Gasteiger partial charge in [-0.2, -0.15) is 5.10 Å². The highest BCUT2D eigenvalue weighted by atomic mass is 16.5. The predicted octanol–water partition coefficient (Wildman–Crippen LogP) is 3.59. The number of aromatic nitrogens is 2. The molecule has 0 saturated carbocycles. The Bertz CT molecular complexity index is 948. The van der Waals surface area contributed by atoms with Gasteiger partial charge >= 0.3 is 0 Å². The van der Waals surface area contributed by atoms with Crippen LogP contribution in [0, 0.1) is 13.8 Å². The Balaban J connectivity index is 1.44. The summed E-state index contributed by atoms with van der Waals surface area (Å²) >= 11 is 0. The SMILES string of the molecule is COc1cccc2c1OCC(NCc1cccc(-n3nc(C)cc3C)c1)C2. The van der Waals surface area contributed by atoms with Crippen LogP contribution in [0.5, 0.6) is 11.5 Å². The number of aryl methyl sites for hydroxylation is 2. The van der Waals surface area contributed by atoms with Crippen molar-refractivity contribution in [3.05, 3.63) is 71.0 Å². The average molecular weight is 363 g/mol. The van der Waals surface area contributed by atoms with Crippen molar-refractivity contribution in [1.82, 2.24) is 15.1 Å². The molecule has 3 aromatic rings. The summed E-state index contributed by atoms with van der Waals surface area (Å²) < 4.78 is 13.3. The van der Waals surface area contributed by atoms with Gasteiger partial charge in [-0.05, 0) is 55.7 Å². The summed E-state index contributed by atoms with van der Waals surface area (Å²) in [5.41, 5.74) is 5.69. The monoisotopic (exact) mass is 363 g/mol. The van der Waals surface area contributed by atoms with E-state index in [1.807, 2.05) is 23.7 Å². The zero-order valence-electron chi connectivity index (χ0n) is 16.0. The lowest BCUT2D eigenvalue weighted by Gasteiger charge is -2.27. The van der Waals surface area contributed by atoms with Crippen molar-refractivity contribution in [3.63, 3.8) is 0 Å². The molecule has 0 amide bonds. The van der Waals surface area contributed by atoms with Gasteiger partial charge in [-0.1, -0.05) is 24.3 Å². The fourth-order valence-electron chi connectivity index (χ4n) is 3.64. The molecule has 0 bridgehead atoms. The van der Waals surface area contributed by atoms with Crippen LogP contribution in [-0.4, -0.2) is 29.5 Å². The van der Waals surface area contributed by atoms with Crippen molar-refractivity contribution in [3.8, 4) is 17.2 Å². The van der Waals surface area contributed by atoms with Gasteiger partial charge in [-0.3, -0.25) is 0 Å². The number of methoxy groups -OCH3 is 1. The molecule has 1 aromatic heterocycles. The summed E-state index contributed by atoms with van der Waals surface area (Å²) in [5.74, 6) is 1.69. The molecular formula is C22H25N3O2. The van der Waals surface area contributed by atoms with Gasteiger partial charge in [-0.15, -0.1) is 0 Å². The third kappa shape index (κ3) is 3.69. The van der Waals surface area contributed by atoms with Crippen LogP contribution in [0.4, 0.5) is 0 Å². The largest absolute Gasteiger partial charge is 0.493 e. The van der Waals surface area contributed by atoms with E-state index in [9.17, 15) is 0 Å². The number of ether oxygens (including phenoxy) is 2. The molecule has 4 rings (SSSR count). The fourth-order valence-corrected chi connectivity index (χ4v) is 3.64. The Morgan fingerprint density at radius 2 is 2.04 bits per heavy atom. The molecule has 1 atom stereocenters. The molecule has 1 aliphatic heterocycles. The van der Waals surface area contributed by atoms with E-state index in [1.54, 1.807) is 7.11 Å². The topological polar surface area (TPSA) is 48.3 Å². The van der Waals surface area contributed by atoms with E-state index in [-0.39, 0.29) is 6.04 Å². The number of hydrogen-bond donors (Lipinski definition) is 1. The molecule has 1 N–H and O–H groups in total. The minimum Gasteiger partial charge on any atom is -0.493 e. The molecule has 0 aliphatic carbocycles. The van der Waals surface area contributed by atoms with Crippen molar-refractivity contribution >= 4 is 0 Å². The van der Waals surface area contributed by atoms with E-state index in [4.69, 9.17) is 9.47 Å². The van der Waals surface area contributed by atoms with Crippen LogP contribution in [0.1, 0.15) is 22.5 Å². The van der Waals surface area contributed by atoms with Crippen LogP contribution >= 0.6 is 0 Å². The van der Waals surface area contributed by atoms with Crippen molar-refractivity contribution in [1.29, 1.82) is 0 Å². The molecule has 0 spiro atoms. The van der Waals surface area contributed by atoms with Gasteiger partial charge in [0.25, 0.3) is 0 Å². The highest BCUT2D eigenvalue weighted by Gasteiger charge is 2.22. The number of rotatable bonds is 5. The van der Waals surface area contributed by atoms with Crippen LogP contribution < -0.4 is 14.8 Å². The van der Waals surface area contributed by atoms with Crippen molar-refractivity contribution < 1.29 is 9.47 Å². The van der Waals surface area contributed by atoms with E-state index < -0.39 is 0 Å². The Morgan fingerprint density at radius 1 is 1.19 bits per heavy atom. The summed E-state index contributed by atoms with van der Waals surface area (Å²) in [5, 5.41) is 8.20. The third-order valence-corrected chi connectivity index (χ3v) is 4.94. The first-order chi connectivity index (χ1) is 13.1. The maximum absolute atomic E-state index is 5.96. The van der Waals surface area contributed by atoms with Crippen molar-refractivity contribution in [2.75, 3.05) is 13.7 Å². The van der Waals surface area contributed by atoms with E-state index in [2.05, 4.69) is 53.7 Å². The molecular weight excluding hydrogens is 338 g/mol. The Morgan fingerprint density at radius 3 is 2.81 bits per heavy atom. The van der Waals surface area contributed by atoms with Crippen LogP contribution in [0.15, 0.2) is 48.5 Å². The highest BCUT2D eigenvalue weighted by molar-refractivity contribution is 5.48. The molecule has 1 aliphatic rings. The van der Waals surface area contributed by atoms with Crippen LogP contribution in [0.2, 0.25) is 0 Å². The third-order valence-electron chi connectivity index (χ3n) is 4.94. The summed E-state index contributed by atoms with van der Waals surface area (Å²) in [6.07, 6.45) is 0.934. The van der Waals surface area contributed by atoms with Crippen LogP contribution in [-0.2, 0) is 13.0 Å². The van der Waals surface area contributed by atoms with Gasteiger partial charge in [0.2, 0.25) is 0 Å². The maximum Gasteiger partial charge on any atom is 0.164 e. The molecule has 1 unspecified atom stereocenters. The van der Waals surface area contributed by atoms with E-state index in [0.717, 1.165) is 41.5 Å². The normalized spacial score (nSPS) is 15.9. The van der Waals surface area contributed by atoms with E-state index >= 15 is 0 Å². The van der Waals surface area contributed by atoms with Gasteiger partial charge in [0.15, 0.2) is 11.5 Å². The minimum atomic E-state index is 0.280. The minimum absolute atomic E-state index is 0.280. The lowest BCUT2D eigenvalue weighted by molar-refractivity contribution is 0.226. The van der Waals surface area contributed by atoms with Crippen LogP contribution in [0.25, 0.3) is 5.69 Å². The lowest BCUT2D eigenvalue weighted by Crippen LogP contribution is -2.38. The van der Waals surface area contributed by atoms with Crippen LogP contribution in [0.3, 0.4) is 0 Å². The van der Waals surface area contributed by atoms with E-state index in [0.29, 0.717) is 6.61 Å². The first-order valence-electron chi connectivity index (χ1n) is 9.28. The second-order valence-electron chi connectivity index (χ2n) is 7.05. The molecule has 0 fully saturated rings. The highest BCUT2D eigenvalue weighted by Crippen LogP contribution is 2.34. The number of benzene rings is 2. The standard InChI is InChI=1S/C22H25N3O2/c1-15-10-16(2)25(24-15)20-8-4-6-17(11-20)13-23-19-12-18-7-5-9-21(26-3)22(18)27-14-19/h4-11,19,23H,12-14H2,1-3H3. The molecule has 0 radical (unpaired) electrons. The van der Waals surface area contributed by atoms with Gasteiger partial charge in [0, 0.05) is 18.3 Å². The molecule has 2 aromatic carbocycles. The summed E-state index contributed by atoms with van der Waals surface area (Å²) in [4.78, 5) is 0. The lowest BCUT2D eigenvalue weighted by atomic mass is 10.0. The van der Waals surface area contributed by atoms with Gasteiger partial charge < -0.3 is 14.8 Å². The van der Waals surface area contributed by atoms with Gasteiger partial charge in [0.1, 0.15) is 6.61 Å². The summed E-state index contributed by atoms with van der Waals surface area (Å²) in [6, 6.07) is 16.9. The van der Waals surface area contributed by atoms with Crippen molar-refractivity contribution in [2.24, 2.45) is 0 Å². The molecule has 0 saturated heterocycles. The number of fused-ring (bicyclic) bond motifs is 1. The van der Waals surface area contributed by atoms with Gasteiger partial charge in [-0.25, -0.2) is 4.68 Å². The molecule has 27 heavy (non-hydrogen) atoms. The first kappa shape index (κ1) is 17.6. The summed E-state index contributed by atoms with van der Waals surface area (Å²) in [7, 11) is 1.68. The number of nitrogens with zero attached hydrogens (tertiary/aromatic N) is 2. The Labute approximate surface area is 159 Å². The Hall–Kier alpha value is -2.79. The maximum atomic E-state index is 5.96. The zero-order valence-corrected chi connectivity index (χ0v) is 16.0. The molecule has 5 nitrogen and oxygen atoms in total.